The molecule has 0 atom stereocenters. The average Bonchev–Trinajstić information content (AvgIpc) is 2.69. The molecule has 0 bridgehead atoms. The van der Waals surface area contributed by atoms with Crippen LogP contribution >= 0.6 is 11.3 Å². The largest absolute Gasteiger partial charge is 0.314 e. The van der Waals surface area contributed by atoms with Gasteiger partial charge in [-0.15, -0.1) is 11.3 Å². The number of thiophene rings is 1. The van der Waals surface area contributed by atoms with E-state index >= 15 is 0 Å². The van der Waals surface area contributed by atoms with E-state index in [1.54, 1.807) is 0 Å². The van der Waals surface area contributed by atoms with Crippen molar-refractivity contribution in [1.29, 1.82) is 0 Å². The molecule has 1 N–H and O–H groups in total. The molecule has 0 saturated heterocycles. The molecule has 1 aromatic rings. The van der Waals surface area contributed by atoms with Gasteiger partial charge in [-0.05, 0) is 31.3 Å². The summed E-state index contributed by atoms with van der Waals surface area (Å²) < 4.78 is 0. The van der Waals surface area contributed by atoms with Crippen molar-refractivity contribution < 1.29 is 4.79 Å². The monoisotopic (exact) mass is 195 g/mol. The highest BCUT2D eigenvalue weighted by Crippen LogP contribution is 2.39. The van der Waals surface area contributed by atoms with Crippen LogP contribution < -0.4 is 5.32 Å². The smallest absolute Gasteiger partial charge is 0.174 e. The molecule has 0 radical (unpaired) electrons. The molecule has 1 heterocycles. The van der Waals surface area contributed by atoms with Crippen LogP contribution in [0.5, 0.6) is 0 Å². The van der Waals surface area contributed by atoms with Gasteiger partial charge >= 0.3 is 0 Å². The second-order valence-corrected chi connectivity index (χ2v) is 4.56. The maximum absolute atomic E-state index is 11.7. The second kappa shape index (κ2) is 3.24. The molecule has 1 aliphatic carbocycles. The predicted molar refractivity (Wildman–Crippen MR) is 54.3 cm³/mol. The standard InChI is InChI=1S/C10H13NOS/c1-11-10(4-5-10)7-8(12)9-3-2-6-13-9/h2-3,6,11H,4-5,7H2,1H3. The van der Waals surface area contributed by atoms with Gasteiger partial charge in [0.05, 0.1) is 4.88 Å². The fourth-order valence-electron chi connectivity index (χ4n) is 1.50. The highest BCUT2D eigenvalue weighted by molar-refractivity contribution is 7.12. The normalized spacial score (nSPS) is 18.5. The first-order valence-corrected chi connectivity index (χ1v) is 5.39. The Balaban J connectivity index is 2.00. The molecule has 0 aliphatic heterocycles. The van der Waals surface area contributed by atoms with E-state index in [2.05, 4.69) is 5.32 Å². The van der Waals surface area contributed by atoms with Crippen LogP contribution in [0.3, 0.4) is 0 Å². The van der Waals surface area contributed by atoms with Crippen molar-refractivity contribution >= 4 is 17.1 Å². The van der Waals surface area contributed by atoms with Crippen molar-refractivity contribution in [3.63, 3.8) is 0 Å². The van der Waals surface area contributed by atoms with E-state index in [9.17, 15) is 4.79 Å². The summed E-state index contributed by atoms with van der Waals surface area (Å²) in [5.74, 6) is 0.279. The zero-order valence-electron chi connectivity index (χ0n) is 7.67. The Bertz CT molecular complexity index is 301. The molecule has 2 rings (SSSR count). The molecule has 0 aromatic carbocycles. The molecule has 2 nitrogen and oxygen atoms in total. The Hall–Kier alpha value is -0.670. The summed E-state index contributed by atoms with van der Waals surface area (Å²) in [4.78, 5) is 12.6. The maximum Gasteiger partial charge on any atom is 0.174 e. The molecular weight excluding hydrogens is 182 g/mol. The third-order valence-corrected chi connectivity index (χ3v) is 3.59. The van der Waals surface area contributed by atoms with Gasteiger partial charge in [-0.2, -0.15) is 0 Å². The van der Waals surface area contributed by atoms with Crippen LogP contribution in [-0.2, 0) is 0 Å². The Morgan fingerprint density at radius 3 is 2.92 bits per heavy atom. The minimum atomic E-state index is 0.140. The van der Waals surface area contributed by atoms with Gasteiger partial charge in [0.25, 0.3) is 0 Å². The van der Waals surface area contributed by atoms with Crippen molar-refractivity contribution in [3.05, 3.63) is 22.4 Å². The number of hydrogen-bond acceptors (Lipinski definition) is 3. The van der Waals surface area contributed by atoms with Crippen molar-refractivity contribution in [1.82, 2.24) is 5.32 Å². The first kappa shape index (κ1) is 8.91. The van der Waals surface area contributed by atoms with Crippen molar-refractivity contribution in [2.75, 3.05) is 7.05 Å². The zero-order valence-corrected chi connectivity index (χ0v) is 8.49. The summed E-state index contributed by atoms with van der Waals surface area (Å²) in [6, 6.07) is 3.83. The first-order valence-electron chi connectivity index (χ1n) is 4.51. The number of ketones is 1. The van der Waals surface area contributed by atoms with E-state index < -0.39 is 0 Å². The molecule has 0 unspecified atom stereocenters. The topological polar surface area (TPSA) is 29.1 Å². The minimum Gasteiger partial charge on any atom is -0.314 e. The highest BCUT2D eigenvalue weighted by atomic mass is 32.1. The first-order chi connectivity index (χ1) is 6.26. The maximum atomic E-state index is 11.7. The highest BCUT2D eigenvalue weighted by Gasteiger charge is 2.42. The van der Waals surface area contributed by atoms with Gasteiger partial charge in [0.15, 0.2) is 5.78 Å². The number of hydrogen-bond donors (Lipinski definition) is 1. The van der Waals surface area contributed by atoms with Crippen LogP contribution in [-0.4, -0.2) is 18.4 Å². The summed E-state index contributed by atoms with van der Waals surface area (Å²) in [5.41, 5.74) is 0.140. The van der Waals surface area contributed by atoms with Crippen LogP contribution in [0, 0.1) is 0 Å². The van der Waals surface area contributed by atoms with Crippen LogP contribution in [0.4, 0.5) is 0 Å². The second-order valence-electron chi connectivity index (χ2n) is 3.61. The van der Waals surface area contributed by atoms with Crippen LogP contribution in [0.25, 0.3) is 0 Å². The van der Waals surface area contributed by atoms with E-state index in [1.807, 2.05) is 24.6 Å². The van der Waals surface area contributed by atoms with Gasteiger partial charge in [0, 0.05) is 12.0 Å². The Morgan fingerprint density at radius 1 is 1.69 bits per heavy atom. The molecule has 1 aliphatic rings. The van der Waals surface area contributed by atoms with Crippen molar-refractivity contribution in [3.8, 4) is 0 Å². The van der Waals surface area contributed by atoms with E-state index in [0.717, 1.165) is 17.7 Å². The van der Waals surface area contributed by atoms with E-state index in [0.29, 0.717) is 6.42 Å². The number of carbonyl (C=O) groups excluding carboxylic acids is 1. The lowest BCUT2D eigenvalue weighted by molar-refractivity contribution is 0.0970. The lowest BCUT2D eigenvalue weighted by atomic mass is 10.1. The van der Waals surface area contributed by atoms with Crippen molar-refractivity contribution in [2.24, 2.45) is 0 Å². The average molecular weight is 195 g/mol. The molecule has 1 aromatic heterocycles. The molecule has 0 spiro atoms. The van der Waals surface area contributed by atoms with E-state index in [1.165, 1.54) is 11.3 Å². The Kier molecular flexibility index (Phi) is 2.22. The Labute approximate surface area is 82.0 Å². The number of rotatable bonds is 4. The van der Waals surface area contributed by atoms with E-state index in [-0.39, 0.29) is 11.3 Å². The third-order valence-electron chi connectivity index (χ3n) is 2.68. The number of nitrogens with one attached hydrogen (secondary N) is 1. The molecule has 1 fully saturated rings. The SMILES string of the molecule is CNC1(CC(=O)c2cccs2)CC1. The Morgan fingerprint density at radius 2 is 2.46 bits per heavy atom. The van der Waals surface area contributed by atoms with Gasteiger partial charge < -0.3 is 5.32 Å². The van der Waals surface area contributed by atoms with Gasteiger partial charge in [0.2, 0.25) is 0 Å². The number of Topliss-reactive ketones (excluding diaryl/α,β-unsaturated/α-hetero) is 1. The summed E-state index contributed by atoms with van der Waals surface area (Å²) in [7, 11) is 1.94. The molecule has 70 valence electrons. The summed E-state index contributed by atoms with van der Waals surface area (Å²) in [6.45, 7) is 0. The lowest BCUT2D eigenvalue weighted by Gasteiger charge is -2.11. The number of carbonyl (C=O) groups is 1. The molecule has 0 amide bonds. The summed E-state index contributed by atoms with van der Waals surface area (Å²) in [5, 5.41) is 5.18. The minimum absolute atomic E-state index is 0.140. The van der Waals surface area contributed by atoms with Crippen LogP contribution in [0.1, 0.15) is 28.9 Å². The lowest BCUT2D eigenvalue weighted by Crippen LogP contribution is -2.29. The molecule has 1 saturated carbocycles. The fraction of sp³-hybridized carbons (Fsp3) is 0.500. The quantitative estimate of drug-likeness (QED) is 0.745. The van der Waals surface area contributed by atoms with Gasteiger partial charge in [0.1, 0.15) is 0 Å². The zero-order chi connectivity index (χ0) is 9.31. The molecular formula is C10H13NOS. The van der Waals surface area contributed by atoms with Crippen LogP contribution in [0.2, 0.25) is 0 Å². The third kappa shape index (κ3) is 1.81. The molecule has 13 heavy (non-hydrogen) atoms. The predicted octanol–water partition coefficient (Wildman–Crippen LogP) is 2.07. The summed E-state index contributed by atoms with van der Waals surface area (Å²) in [6.07, 6.45) is 2.94. The van der Waals surface area contributed by atoms with Gasteiger partial charge in [-0.3, -0.25) is 4.79 Å². The van der Waals surface area contributed by atoms with Gasteiger partial charge in [-0.25, -0.2) is 0 Å². The molecule has 3 heteroatoms. The fourth-order valence-corrected chi connectivity index (χ4v) is 2.16. The van der Waals surface area contributed by atoms with Crippen LogP contribution in [0.15, 0.2) is 17.5 Å². The van der Waals surface area contributed by atoms with Gasteiger partial charge in [-0.1, -0.05) is 6.07 Å². The van der Waals surface area contributed by atoms with E-state index in [4.69, 9.17) is 0 Å². The summed E-state index contributed by atoms with van der Waals surface area (Å²) >= 11 is 1.53. The van der Waals surface area contributed by atoms with Crippen molar-refractivity contribution in [2.45, 2.75) is 24.8 Å².